The SMILES string of the molecule is CCc1nn(C)cc1NC(=O)NC(C)(C(=O)O)C1CC1. The Balaban J connectivity index is 2.06. The van der Waals surface area contributed by atoms with E-state index in [1.54, 1.807) is 24.9 Å². The van der Waals surface area contributed by atoms with E-state index in [-0.39, 0.29) is 5.92 Å². The summed E-state index contributed by atoms with van der Waals surface area (Å²) in [7, 11) is 1.77. The van der Waals surface area contributed by atoms with Crippen molar-refractivity contribution in [1.82, 2.24) is 15.1 Å². The zero-order chi connectivity index (χ0) is 14.9. The first kappa shape index (κ1) is 14.4. The fourth-order valence-corrected chi connectivity index (χ4v) is 2.28. The van der Waals surface area contributed by atoms with Crippen molar-refractivity contribution >= 4 is 17.7 Å². The molecule has 1 unspecified atom stereocenters. The summed E-state index contributed by atoms with van der Waals surface area (Å²) in [4.78, 5) is 23.4. The van der Waals surface area contributed by atoms with Gasteiger partial charge in [0.2, 0.25) is 0 Å². The molecular weight excluding hydrogens is 260 g/mol. The van der Waals surface area contributed by atoms with Crippen LogP contribution in [0.25, 0.3) is 0 Å². The van der Waals surface area contributed by atoms with Gasteiger partial charge in [0.25, 0.3) is 0 Å². The van der Waals surface area contributed by atoms with E-state index in [4.69, 9.17) is 0 Å². The second kappa shape index (κ2) is 5.15. The van der Waals surface area contributed by atoms with E-state index < -0.39 is 17.5 Å². The van der Waals surface area contributed by atoms with Crippen LogP contribution in [0.1, 0.15) is 32.4 Å². The second-order valence-corrected chi connectivity index (χ2v) is 5.38. The number of nitrogens with zero attached hydrogens (tertiary/aromatic N) is 2. The molecule has 0 aliphatic heterocycles. The fourth-order valence-electron chi connectivity index (χ4n) is 2.28. The fraction of sp³-hybridized carbons (Fsp3) is 0.615. The Morgan fingerprint density at radius 2 is 2.20 bits per heavy atom. The number of aryl methyl sites for hydroxylation is 2. The number of nitrogens with one attached hydrogen (secondary N) is 2. The van der Waals surface area contributed by atoms with Gasteiger partial charge >= 0.3 is 12.0 Å². The standard InChI is InChI=1S/C13H20N4O3/c1-4-9-10(7-17(3)16-9)14-12(20)15-13(2,11(18)19)8-5-6-8/h7-8H,4-6H2,1-3H3,(H,18,19)(H2,14,15,20). The number of urea groups is 1. The molecule has 1 atom stereocenters. The Kier molecular flexibility index (Phi) is 3.69. The van der Waals surface area contributed by atoms with E-state index in [1.165, 1.54) is 0 Å². The molecule has 110 valence electrons. The van der Waals surface area contributed by atoms with Crippen LogP contribution in [0, 0.1) is 5.92 Å². The Morgan fingerprint density at radius 3 is 2.70 bits per heavy atom. The predicted octanol–water partition coefficient (Wildman–Crippen LogP) is 1.36. The lowest BCUT2D eigenvalue weighted by Crippen LogP contribution is -2.55. The summed E-state index contributed by atoms with van der Waals surface area (Å²) in [6, 6.07) is -0.510. The topological polar surface area (TPSA) is 96.3 Å². The number of carboxylic acid groups (broad SMARTS) is 1. The number of amides is 2. The number of carbonyl (C=O) groups is 2. The minimum atomic E-state index is -1.21. The van der Waals surface area contributed by atoms with Crippen LogP contribution in [0.5, 0.6) is 0 Å². The highest BCUT2D eigenvalue weighted by molar-refractivity contribution is 5.94. The lowest BCUT2D eigenvalue weighted by molar-refractivity contribution is -0.144. The van der Waals surface area contributed by atoms with Crippen LogP contribution >= 0.6 is 0 Å². The smallest absolute Gasteiger partial charge is 0.329 e. The average molecular weight is 280 g/mol. The normalized spacial score (nSPS) is 17.4. The molecule has 1 aliphatic carbocycles. The maximum atomic E-state index is 12.0. The first-order chi connectivity index (χ1) is 9.36. The Labute approximate surface area is 117 Å². The maximum Gasteiger partial charge on any atom is 0.329 e. The molecule has 0 bridgehead atoms. The number of rotatable bonds is 5. The molecule has 0 radical (unpaired) electrons. The third kappa shape index (κ3) is 2.76. The largest absolute Gasteiger partial charge is 0.480 e. The maximum absolute atomic E-state index is 12.0. The van der Waals surface area contributed by atoms with Crippen molar-refractivity contribution in [3.8, 4) is 0 Å². The van der Waals surface area contributed by atoms with Gasteiger partial charge in [-0.3, -0.25) is 4.68 Å². The van der Waals surface area contributed by atoms with Crippen molar-refractivity contribution in [3.63, 3.8) is 0 Å². The summed E-state index contributed by atoms with van der Waals surface area (Å²) >= 11 is 0. The average Bonchev–Trinajstić information content (AvgIpc) is 3.14. The van der Waals surface area contributed by atoms with Gasteiger partial charge in [-0.05, 0) is 32.1 Å². The molecule has 7 nitrogen and oxygen atoms in total. The molecule has 0 aromatic carbocycles. The van der Waals surface area contributed by atoms with Crippen molar-refractivity contribution in [2.45, 2.75) is 38.6 Å². The summed E-state index contributed by atoms with van der Waals surface area (Å²) in [6.07, 6.45) is 4.05. The summed E-state index contributed by atoms with van der Waals surface area (Å²) in [5.41, 5.74) is 0.167. The molecule has 1 aromatic rings. The van der Waals surface area contributed by atoms with E-state index in [1.807, 2.05) is 6.92 Å². The Morgan fingerprint density at radius 1 is 1.55 bits per heavy atom. The van der Waals surface area contributed by atoms with E-state index in [0.29, 0.717) is 12.1 Å². The molecule has 0 saturated heterocycles. The number of carboxylic acids is 1. The van der Waals surface area contributed by atoms with Gasteiger partial charge in [0.15, 0.2) is 0 Å². The van der Waals surface area contributed by atoms with Crippen LogP contribution in [-0.2, 0) is 18.3 Å². The van der Waals surface area contributed by atoms with E-state index in [0.717, 1.165) is 18.5 Å². The molecule has 1 fully saturated rings. The van der Waals surface area contributed by atoms with Gasteiger partial charge in [-0.25, -0.2) is 9.59 Å². The van der Waals surface area contributed by atoms with Gasteiger partial charge in [0.05, 0.1) is 11.4 Å². The van der Waals surface area contributed by atoms with E-state index in [2.05, 4.69) is 15.7 Å². The molecule has 2 rings (SSSR count). The third-order valence-electron chi connectivity index (χ3n) is 3.70. The van der Waals surface area contributed by atoms with Gasteiger partial charge in [0, 0.05) is 13.2 Å². The number of aromatic nitrogens is 2. The molecule has 3 N–H and O–H groups in total. The monoisotopic (exact) mass is 280 g/mol. The van der Waals surface area contributed by atoms with Crippen LogP contribution in [0.2, 0.25) is 0 Å². The lowest BCUT2D eigenvalue weighted by Gasteiger charge is -2.26. The lowest BCUT2D eigenvalue weighted by atomic mass is 9.96. The number of hydrogen-bond acceptors (Lipinski definition) is 3. The zero-order valence-corrected chi connectivity index (χ0v) is 11.9. The molecular formula is C13H20N4O3. The van der Waals surface area contributed by atoms with Gasteiger partial charge in [-0.1, -0.05) is 6.92 Å². The summed E-state index contributed by atoms with van der Waals surface area (Å²) < 4.78 is 1.62. The number of hydrogen-bond donors (Lipinski definition) is 3. The van der Waals surface area contributed by atoms with E-state index in [9.17, 15) is 14.7 Å². The molecule has 20 heavy (non-hydrogen) atoms. The van der Waals surface area contributed by atoms with Crippen molar-refractivity contribution < 1.29 is 14.7 Å². The van der Waals surface area contributed by atoms with Gasteiger partial charge in [-0.2, -0.15) is 5.10 Å². The molecule has 7 heteroatoms. The molecule has 1 saturated carbocycles. The number of carbonyl (C=O) groups excluding carboxylic acids is 1. The van der Waals surface area contributed by atoms with Crippen LogP contribution in [-0.4, -0.2) is 32.4 Å². The molecule has 1 aliphatic rings. The molecule has 1 aromatic heterocycles. The van der Waals surface area contributed by atoms with Gasteiger partial charge in [-0.15, -0.1) is 0 Å². The summed E-state index contributed by atoms with van der Waals surface area (Å²) in [6.45, 7) is 3.49. The van der Waals surface area contributed by atoms with Gasteiger partial charge in [0.1, 0.15) is 5.54 Å². The first-order valence-corrected chi connectivity index (χ1v) is 6.72. The first-order valence-electron chi connectivity index (χ1n) is 6.72. The zero-order valence-electron chi connectivity index (χ0n) is 11.9. The minimum Gasteiger partial charge on any atom is -0.480 e. The highest BCUT2D eigenvalue weighted by Crippen LogP contribution is 2.39. The van der Waals surface area contributed by atoms with Gasteiger partial charge < -0.3 is 15.7 Å². The molecule has 1 heterocycles. The van der Waals surface area contributed by atoms with E-state index >= 15 is 0 Å². The van der Waals surface area contributed by atoms with Crippen LogP contribution in [0.3, 0.4) is 0 Å². The quantitative estimate of drug-likeness (QED) is 0.758. The highest BCUT2D eigenvalue weighted by Gasteiger charge is 2.48. The summed E-state index contributed by atoms with van der Waals surface area (Å²) in [5, 5.41) is 18.8. The Bertz CT molecular complexity index is 536. The van der Waals surface area contributed by atoms with Crippen LogP contribution in [0.15, 0.2) is 6.20 Å². The van der Waals surface area contributed by atoms with Crippen LogP contribution in [0.4, 0.5) is 10.5 Å². The Hall–Kier alpha value is -2.05. The van der Waals surface area contributed by atoms with Crippen molar-refractivity contribution in [2.24, 2.45) is 13.0 Å². The number of anilines is 1. The predicted molar refractivity (Wildman–Crippen MR) is 73.5 cm³/mol. The highest BCUT2D eigenvalue weighted by atomic mass is 16.4. The summed E-state index contributed by atoms with van der Waals surface area (Å²) in [5.74, 6) is -0.998. The molecule has 2 amide bonds. The third-order valence-corrected chi connectivity index (χ3v) is 3.70. The number of aliphatic carboxylic acids is 1. The minimum absolute atomic E-state index is 0.00490. The van der Waals surface area contributed by atoms with Crippen molar-refractivity contribution in [1.29, 1.82) is 0 Å². The van der Waals surface area contributed by atoms with Crippen LogP contribution < -0.4 is 10.6 Å². The van der Waals surface area contributed by atoms with Crippen molar-refractivity contribution in [2.75, 3.05) is 5.32 Å². The molecule has 0 spiro atoms. The second-order valence-electron chi connectivity index (χ2n) is 5.38. The van der Waals surface area contributed by atoms with Crippen molar-refractivity contribution in [3.05, 3.63) is 11.9 Å².